The standard InChI is InChI=1S/C29H27N5O3S/c1-17(18-3-4-18)36-29(35)32-20-7-5-19(6-8-20)27-24(16-30)23-12-11-22(15-25(23)34(27)21-9-10-21)37-26-13-14-31-28(33-26)38-2/h5-8,11-15,17-18,21H,3-4,9-10H2,1-2H3,(H,32,35)/t17-/m1/s1. The zero-order valence-corrected chi connectivity index (χ0v) is 22.0. The maximum atomic E-state index is 12.3. The summed E-state index contributed by atoms with van der Waals surface area (Å²) >= 11 is 1.45. The molecule has 4 aromatic rings. The van der Waals surface area contributed by atoms with Gasteiger partial charge in [-0.1, -0.05) is 23.9 Å². The second-order valence-corrected chi connectivity index (χ2v) is 10.5. The molecule has 9 heteroatoms. The molecule has 192 valence electrons. The van der Waals surface area contributed by atoms with Crippen LogP contribution >= 0.6 is 11.8 Å². The van der Waals surface area contributed by atoms with Gasteiger partial charge in [0.05, 0.1) is 16.8 Å². The van der Waals surface area contributed by atoms with Crippen LogP contribution in [-0.4, -0.2) is 33.0 Å². The number of hydrogen-bond donors (Lipinski definition) is 1. The lowest BCUT2D eigenvalue weighted by Crippen LogP contribution is -2.21. The number of anilines is 1. The Labute approximate surface area is 225 Å². The number of carbonyl (C=O) groups excluding carboxylic acids is 1. The molecule has 0 unspecified atom stereocenters. The molecule has 38 heavy (non-hydrogen) atoms. The van der Waals surface area contributed by atoms with Crippen LogP contribution in [0.4, 0.5) is 10.5 Å². The van der Waals surface area contributed by atoms with Gasteiger partial charge in [0, 0.05) is 35.4 Å². The Morgan fingerprint density at radius 2 is 1.95 bits per heavy atom. The minimum Gasteiger partial charge on any atom is -0.446 e. The van der Waals surface area contributed by atoms with Gasteiger partial charge >= 0.3 is 6.09 Å². The molecule has 2 aromatic carbocycles. The lowest BCUT2D eigenvalue weighted by atomic mass is 10.1. The van der Waals surface area contributed by atoms with Crippen molar-refractivity contribution in [3.05, 3.63) is 60.3 Å². The van der Waals surface area contributed by atoms with E-state index in [9.17, 15) is 10.1 Å². The van der Waals surface area contributed by atoms with E-state index in [2.05, 4.69) is 25.9 Å². The highest BCUT2D eigenvalue weighted by Gasteiger charge is 2.32. The summed E-state index contributed by atoms with van der Waals surface area (Å²) in [6, 6.07) is 17.9. The SMILES string of the molecule is CSc1nccc(Oc2ccc3c(C#N)c(-c4ccc(NC(=O)O[C@H](C)C5CC5)cc4)n(C4CC4)c3c2)n1. The van der Waals surface area contributed by atoms with E-state index in [1.54, 1.807) is 12.3 Å². The summed E-state index contributed by atoms with van der Waals surface area (Å²) in [6.45, 7) is 1.94. The number of nitriles is 1. The molecule has 0 bridgehead atoms. The quantitative estimate of drug-likeness (QED) is 0.192. The number of carbonyl (C=O) groups is 1. The first-order chi connectivity index (χ1) is 18.5. The van der Waals surface area contributed by atoms with Crippen LogP contribution in [-0.2, 0) is 4.74 Å². The Morgan fingerprint density at radius 1 is 1.16 bits per heavy atom. The zero-order valence-electron chi connectivity index (χ0n) is 21.2. The zero-order chi connectivity index (χ0) is 26.2. The predicted molar refractivity (Wildman–Crippen MR) is 147 cm³/mol. The summed E-state index contributed by atoms with van der Waals surface area (Å²) < 4.78 is 13.8. The molecule has 8 nitrogen and oxygen atoms in total. The second-order valence-electron chi connectivity index (χ2n) is 9.75. The van der Waals surface area contributed by atoms with E-state index in [1.165, 1.54) is 11.8 Å². The number of benzene rings is 2. The summed E-state index contributed by atoms with van der Waals surface area (Å²) in [5.41, 5.74) is 4.03. The van der Waals surface area contributed by atoms with Gasteiger partial charge in [-0.3, -0.25) is 5.32 Å². The third kappa shape index (κ3) is 4.92. The molecule has 2 fully saturated rings. The molecule has 2 aliphatic carbocycles. The van der Waals surface area contributed by atoms with Gasteiger partial charge in [-0.25, -0.2) is 9.78 Å². The molecule has 1 N–H and O–H groups in total. The molecule has 1 amide bonds. The number of amides is 1. The molecule has 2 heterocycles. The highest BCUT2D eigenvalue weighted by molar-refractivity contribution is 7.98. The fourth-order valence-corrected chi connectivity index (χ4v) is 5.10. The van der Waals surface area contributed by atoms with Crippen LogP contribution in [0.15, 0.2) is 59.9 Å². The van der Waals surface area contributed by atoms with E-state index in [0.717, 1.165) is 47.8 Å². The van der Waals surface area contributed by atoms with E-state index in [0.29, 0.717) is 40.0 Å². The van der Waals surface area contributed by atoms with E-state index >= 15 is 0 Å². The molecule has 0 radical (unpaired) electrons. The van der Waals surface area contributed by atoms with E-state index in [1.807, 2.05) is 55.6 Å². The average Bonchev–Trinajstić information content (AvgIpc) is 3.85. The van der Waals surface area contributed by atoms with Crippen molar-refractivity contribution < 1.29 is 14.3 Å². The summed E-state index contributed by atoms with van der Waals surface area (Å²) in [7, 11) is 0. The number of nitrogens with one attached hydrogen (secondary N) is 1. The Bertz CT molecular complexity index is 1550. The van der Waals surface area contributed by atoms with Crippen LogP contribution in [0.5, 0.6) is 11.6 Å². The van der Waals surface area contributed by atoms with Gasteiger partial charge in [0.15, 0.2) is 5.16 Å². The van der Waals surface area contributed by atoms with Crippen molar-refractivity contribution in [1.82, 2.24) is 14.5 Å². The topological polar surface area (TPSA) is 102 Å². The first-order valence-corrected chi connectivity index (χ1v) is 14.0. The Kier molecular flexibility index (Phi) is 6.42. The molecule has 2 aliphatic rings. The summed E-state index contributed by atoms with van der Waals surface area (Å²) in [5.74, 6) is 1.61. The molecule has 2 aromatic heterocycles. The van der Waals surface area contributed by atoms with Gasteiger partial charge in [0.1, 0.15) is 17.9 Å². The fourth-order valence-electron chi connectivity index (χ4n) is 4.75. The molecule has 6 rings (SSSR count). The highest BCUT2D eigenvalue weighted by Crippen LogP contribution is 2.45. The number of thioether (sulfide) groups is 1. The van der Waals surface area contributed by atoms with Crippen molar-refractivity contribution in [2.24, 2.45) is 5.92 Å². The molecule has 0 aliphatic heterocycles. The van der Waals surface area contributed by atoms with Gasteiger partial charge in [-0.15, -0.1) is 0 Å². The highest BCUT2D eigenvalue weighted by atomic mass is 32.2. The first-order valence-electron chi connectivity index (χ1n) is 12.7. The molecule has 1 atom stereocenters. The Morgan fingerprint density at radius 3 is 2.63 bits per heavy atom. The van der Waals surface area contributed by atoms with E-state index in [-0.39, 0.29) is 6.10 Å². The number of rotatable bonds is 8. The number of hydrogen-bond acceptors (Lipinski definition) is 7. The van der Waals surface area contributed by atoms with E-state index in [4.69, 9.17) is 9.47 Å². The van der Waals surface area contributed by atoms with Crippen molar-refractivity contribution in [3.8, 4) is 29.0 Å². The van der Waals surface area contributed by atoms with Crippen molar-refractivity contribution in [2.75, 3.05) is 11.6 Å². The van der Waals surface area contributed by atoms with Crippen LogP contribution < -0.4 is 10.1 Å². The number of nitrogens with zero attached hydrogens (tertiary/aromatic N) is 4. The number of fused-ring (bicyclic) bond motifs is 1. The van der Waals surface area contributed by atoms with Crippen LogP contribution in [0.3, 0.4) is 0 Å². The van der Waals surface area contributed by atoms with Gasteiger partial charge in [-0.2, -0.15) is 10.2 Å². The number of aromatic nitrogens is 3. The van der Waals surface area contributed by atoms with Crippen molar-refractivity contribution in [1.29, 1.82) is 5.26 Å². The smallest absolute Gasteiger partial charge is 0.411 e. The van der Waals surface area contributed by atoms with Crippen LogP contribution in [0, 0.1) is 17.2 Å². The second kappa shape index (κ2) is 10.0. The fraction of sp³-hybridized carbons (Fsp3) is 0.310. The molecular formula is C29H27N5O3S. The largest absolute Gasteiger partial charge is 0.446 e. The van der Waals surface area contributed by atoms with Crippen molar-refractivity contribution >= 4 is 34.4 Å². The third-order valence-electron chi connectivity index (χ3n) is 7.00. The normalized spacial score (nSPS) is 15.6. The van der Waals surface area contributed by atoms with Crippen LogP contribution in [0.25, 0.3) is 22.2 Å². The van der Waals surface area contributed by atoms with Gasteiger partial charge in [-0.05, 0) is 74.6 Å². The average molecular weight is 526 g/mol. The maximum absolute atomic E-state index is 12.3. The lowest BCUT2D eigenvalue weighted by molar-refractivity contribution is 0.108. The van der Waals surface area contributed by atoms with Crippen molar-refractivity contribution in [3.63, 3.8) is 0 Å². The van der Waals surface area contributed by atoms with Gasteiger partial charge < -0.3 is 14.0 Å². The number of ether oxygens (including phenoxy) is 2. The summed E-state index contributed by atoms with van der Waals surface area (Å²) in [5, 5.41) is 14.5. The minimum atomic E-state index is -0.442. The van der Waals surface area contributed by atoms with Crippen molar-refractivity contribution in [2.45, 2.75) is 49.9 Å². The monoisotopic (exact) mass is 525 g/mol. The maximum Gasteiger partial charge on any atom is 0.411 e. The minimum absolute atomic E-state index is 0.0718. The molecule has 2 saturated carbocycles. The third-order valence-corrected chi connectivity index (χ3v) is 7.56. The van der Waals surface area contributed by atoms with Gasteiger partial charge in [0.2, 0.25) is 5.88 Å². The molecule has 0 saturated heterocycles. The molecular weight excluding hydrogens is 498 g/mol. The predicted octanol–water partition coefficient (Wildman–Crippen LogP) is 7.17. The molecule has 0 spiro atoms. The Hall–Kier alpha value is -4.03. The first kappa shape index (κ1) is 24.3. The summed E-state index contributed by atoms with van der Waals surface area (Å²) in [4.78, 5) is 20.9. The summed E-state index contributed by atoms with van der Waals surface area (Å²) in [6.07, 6.45) is 7.43. The van der Waals surface area contributed by atoms with Gasteiger partial charge in [0.25, 0.3) is 0 Å². The lowest BCUT2D eigenvalue weighted by Gasteiger charge is -2.14. The van der Waals surface area contributed by atoms with Crippen LogP contribution in [0.2, 0.25) is 0 Å². The van der Waals surface area contributed by atoms with E-state index < -0.39 is 6.09 Å². The Balaban J connectivity index is 1.31. The van der Waals surface area contributed by atoms with Crippen LogP contribution in [0.1, 0.15) is 44.2 Å².